The molecule has 29 heavy (non-hydrogen) atoms. The van der Waals surface area contributed by atoms with E-state index in [0.29, 0.717) is 6.54 Å². The third kappa shape index (κ3) is 5.55. The number of nitrogens with one attached hydrogen (secondary N) is 2. The molecule has 2 aromatic rings. The third-order valence-electron chi connectivity index (χ3n) is 4.67. The maximum absolute atomic E-state index is 12.6. The van der Waals surface area contributed by atoms with Gasteiger partial charge >= 0.3 is 6.03 Å². The first kappa shape index (κ1) is 20.8. The minimum absolute atomic E-state index is 0.133. The number of nitrogens with zero attached hydrogens (tertiary/aromatic N) is 2. The lowest BCUT2D eigenvalue weighted by Crippen LogP contribution is -2.53. The van der Waals surface area contributed by atoms with E-state index in [-0.39, 0.29) is 43.5 Å². The number of urea groups is 1. The van der Waals surface area contributed by atoms with Crippen LogP contribution in [0.15, 0.2) is 65.6 Å². The van der Waals surface area contributed by atoms with Gasteiger partial charge in [-0.3, -0.25) is 4.79 Å². The molecule has 154 valence electrons. The summed E-state index contributed by atoms with van der Waals surface area (Å²) in [4.78, 5) is 26.0. The van der Waals surface area contributed by atoms with Crippen molar-refractivity contribution in [3.05, 3.63) is 66.2 Å². The Morgan fingerprint density at radius 2 is 1.41 bits per heavy atom. The van der Waals surface area contributed by atoms with Crippen molar-refractivity contribution < 1.29 is 18.0 Å². The molecule has 8 nitrogen and oxygen atoms in total. The van der Waals surface area contributed by atoms with Crippen LogP contribution in [0.25, 0.3) is 0 Å². The number of piperazine rings is 1. The highest BCUT2D eigenvalue weighted by atomic mass is 32.2. The Morgan fingerprint density at radius 1 is 0.828 bits per heavy atom. The second-order valence-corrected chi connectivity index (χ2v) is 8.56. The first-order chi connectivity index (χ1) is 14.0. The van der Waals surface area contributed by atoms with Gasteiger partial charge in [0.05, 0.1) is 11.4 Å². The molecule has 1 heterocycles. The van der Waals surface area contributed by atoms with E-state index in [4.69, 9.17) is 0 Å². The maximum atomic E-state index is 12.6. The summed E-state index contributed by atoms with van der Waals surface area (Å²) < 4.78 is 26.6. The zero-order valence-corrected chi connectivity index (χ0v) is 16.8. The highest BCUT2D eigenvalue weighted by Crippen LogP contribution is 2.17. The van der Waals surface area contributed by atoms with E-state index in [1.54, 1.807) is 35.2 Å². The summed E-state index contributed by atoms with van der Waals surface area (Å²) in [6.45, 7) is 1.27. The predicted octanol–water partition coefficient (Wildman–Crippen LogP) is 1.02. The van der Waals surface area contributed by atoms with E-state index in [0.717, 1.165) is 5.56 Å². The van der Waals surface area contributed by atoms with Crippen LogP contribution < -0.4 is 10.6 Å². The lowest BCUT2D eigenvalue weighted by atomic mass is 10.2. The van der Waals surface area contributed by atoms with E-state index in [1.807, 2.05) is 30.3 Å². The van der Waals surface area contributed by atoms with Crippen molar-refractivity contribution in [2.24, 2.45) is 0 Å². The number of hydrogen-bond donors (Lipinski definition) is 2. The molecule has 0 aromatic heterocycles. The van der Waals surface area contributed by atoms with E-state index in [2.05, 4.69) is 10.6 Å². The molecule has 1 aliphatic rings. The summed E-state index contributed by atoms with van der Waals surface area (Å²) in [5, 5.41) is 5.24. The van der Waals surface area contributed by atoms with E-state index in [9.17, 15) is 18.0 Å². The molecular weight excluding hydrogens is 392 g/mol. The van der Waals surface area contributed by atoms with Crippen LogP contribution in [-0.4, -0.2) is 62.3 Å². The van der Waals surface area contributed by atoms with Crippen molar-refractivity contribution >= 4 is 22.0 Å². The SMILES string of the molecule is O=C(NCC(=O)N1CCN(S(=O)(=O)c2ccccc2)CC1)NCc1ccccc1. The smallest absolute Gasteiger partial charge is 0.315 e. The van der Waals surface area contributed by atoms with Gasteiger partial charge in [0.15, 0.2) is 0 Å². The van der Waals surface area contributed by atoms with E-state index in [1.165, 1.54) is 4.31 Å². The number of benzene rings is 2. The van der Waals surface area contributed by atoms with Gasteiger partial charge in [0, 0.05) is 32.7 Å². The molecule has 3 rings (SSSR count). The van der Waals surface area contributed by atoms with Gasteiger partial charge in [0.1, 0.15) is 0 Å². The second-order valence-electron chi connectivity index (χ2n) is 6.62. The van der Waals surface area contributed by atoms with Crippen LogP contribution in [0.4, 0.5) is 4.79 Å². The number of rotatable bonds is 6. The van der Waals surface area contributed by atoms with Gasteiger partial charge in [-0.2, -0.15) is 4.31 Å². The third-order valence-corrected chi connectivity index (χ3v) is 6.58. The summed E-state index contributed by atoms with van der Waals surface area (Å²) in [7, 11) is -3.55. The van der Waals surface area contributed by atoms with Gasteiger partial charge in [0.25, 0.3) is 0 Å². The summed E-state index contributed by atoms with van der Waals surface area (Å²) in [5.41, 5.74) is 0.963. The summed E-state index contributed by atoms with van der Waals surface area (Å²) in [5.74, 6) is -0.239. The fourth-order valence-electron chi connectivity index (χ4n) is 3.03. The van der Waals surface area contributed by atoms with Crippen molar-refractivity contribution in [1.29, 1.82) is 0 Å². The van der Waals surface area contributed by atoms with Gasteiger partial charge in [-0.1, -0.05) is 48.5 Å². The largest absolute Gasteiger partial charge is 0.339 e. The Hall–Kier alpha value is -2.91. The van der Waals surface area contributed by atoms with Crippen molar-refractivity contribution in [3.63, 3.8) is 0 Å². The molecule has 2 N–H and O–H groups in total. The van der Waals surface area contributed by atoms with Gasteiger partial charge in [0.2, 0.25) is 15.9 Å². The van der Waals surface area contributed by atoms with Crippen LogP contribution in [0, 0.1) is 0 Å². The topological polar surface area (TPSA) is 98.8 Å². The molecule has 0 saturated carbocycles. The molecule has 0 aliphatic carbocycles. The van der Waals surface area contributed by atoms with Crippen LogP contribution in [0.5, 0.6) is 0 Å². The molecule has 1 saturated heterocycles. The van der Waals surface area contributed by atoms with Crippen LogP contribution >= 0.6 is 0 Å². The fourth-order valence-corrected chi connectivity index (χ4v) is 4.47. The summed E-state index contributed by atoms with van der Waals surface area (Å²) in [6.07, 6.45) is 0. The molecule has 2 aromatic carbocycles. The highest BCUT2D eigenvalue weighted by molar-refractivity contribution is 7.89. The number of hydrogen-bond acceptors (Lipinski definition) is 4. The molecule has 0 radical (unpaired) electrons. The Morgan fingerprint density at radius 3 is 2.03 bits per heavy atom. The lowest BCUT2D eigenvalue weighted by molar-refractivity contribution is -0.131. The van der Waals surface area contributed by atoms with Gasteiger partial charge < -0.3 is 15.5 Å². The van der Waals surface area contributed by atoms with Gasteiger partial charge in [-0.15, -0.1) is 0 Å². The number of sulfonamides is 1. The molecule has 1 aliphatic heterocycles. The van der Waals surface area contributed by atoms with E-state index >= 15 is 0 Å². The van der Waals surface area contributed by atoms with Crippen molar-refractivity contribution in [1.82, 2.24) is 19.8 Å². The lowest BCUT2D eigenvalue weighted by Gasteiger charge is -2.34. The Balaban J connectivity index is 1.42. The monoisotopic (exact) mass is 416 g/mol. The minimum atomic E-state index is -3.55. The van der Waals surface area contributed by atoms with Crippen molar-refractivity contribution in [2.45, 2.75) is 11.4 Å². The van der Waals surface area contributed by atoms with Crippen LogP contribution in [0.2, 0.25) is 0 Å². The summed E-state index contributed by atoms with van der Waals surface area (Å²) in [6, 6.07) is 17.3. The zero-order valence-electron chi connectivity index (χ0n) is 16.0. The predicted molar refractivity (Wildman–Crippen MR) is 108 cm³/mol. The maximum Gasteiger partial charge on any atom is 0.315 e. The van der Waals surface area contributed by atoms with E-state index < -0.39 is 16.1 Å². The Labute approximate surface area is 170 Å². The average molecular weight is 417 g/mol. The number of carbonyl (C=O) groups excluding carboxylic acids is 2. The van der Waals surface area contributed by atoms with Crippen LogP contribution in [0.3, 0.4) is 0 Å². The highest BCUT2D eigenvalue weighted by Gasteiger charge is 2.29. The fraction of sp³-hybridized carbons (Fsp3) is 0.300. The minimum Gasteiger partial charge on any atom is -0.339 e. The Kier molecular flexibility index (Phi) is 6.84. The normalized spacial score (nSPS) is 15.0. The molecule has 0 spiro atoms. The van der Waals surface area contributed by atoms with Crippen LogP contribution in [0.1, 0.15) is 5.56 Å². The molecular formula is C20H24N4O4S. The Bertz CT molecular complexity index is 927. The molecule has 9 heteroatoms. The molecule has 0 unspecified atom stereocenters. The van der Waals surface area contributed by atoms with Gasteiger partial charge in [-0.25, -0.2) is 13.2 Å². The second kappa shape index (κ2) is 9.53. The average Bonchev–Trinajstić information content (AvgIpc) is 2.77. The molecule has 0 atom stereocenters. The zero-order chi connectivity index (χ0) is 20.7. The first-order valence-electron chi connectivity index (χ1n) is 9.35. The van der Waals surface area contributed by atoms with Crippen LogP contribution in [-0.2, 0) is 21.4 Å². The molecule has 0 bridgehead atoms. The first-order valence-corrected chi connectivity index (χ1v) is 10.8. The van der Waals surface area contributed by atoms with Gasteiger partial charge in [-0.05, 0) is 17.7 Å². The molecule has 3 amide bonds. The number of carbonyl (C=O) groups is 2. The quantitative estimate of drug-likeness (QED) is 0.734. The standard InChI is InChI=1S/C20H24N4O4S/c25-19(16-22-20(26)21-15-17-7-3-1-4-8-17)23-11-13-24(14-12-23)29(27,28)18-9-5-2-6-10-18/h1-10H,11-16H2,(H2,21,22,26). The van der Waals surface area contributed by atoms with Crippen molar-refractivity contribution in [3.8, 4) is 0 Å². The molecule has 1 fully saturated rings. The van der Waals surface area contributed by atoms with Crippen molar-refractivity contribution in [2.75, 3.05) is 32.7 Å². The number of amides is 3. The summed E-state index contributed by atoms with van der Waals surface area (Å²) >= 11 is 0.